The van der Waals surface area contributed by atoms with Crippen molar-refractivity contribution in [2.75, 3.05) is 11.4 Å². The summed E-state index contributed by atoms with van der Waals surface area (Å²) >= 11 is 6.04. The lowest BCUT2D eigenvalue weighted by molar-refractivity contribution is -0.117. The monoisotopic (exact) mass is 451 g/mol. The highest BCUT2D eigenvalue weighted by Crippen LogP contribution is 2.34. The molecule has 1 fully saturated rings. The van der Waals surface area contributed by atoms with Gasteiger partial charge in [0.1, 0.15) is 5.82 Å². The van der Waals surface area contributed by atoms with Crippen molar-refractivity contribution in [1.29, 1.82) is 0 Å². The van der Waals surface area contributed by atoms with E-state index in [0.29, 0.717) is 24.5 Å². The van der Waals surface area contributed by atoms with Gasteiger partial charge in [0.25, 0.3) is 0 Å². The van der Waals surface area contributed by atoms with E-state index in [1.807, 2.05) is 47.4 Å². The number of halogens is 1. The highest BCUT2D eigenvalue weighted by Gasteiger charge is 2.34. The molecule has 1 aromatic heterocycles. The molecule has 1 saturated heterocycles. The quantitative estimate of drug-likeness (QED) is 0.316. The largest absolute Gasteiger partial charge is 0.323 e. The van der Waals surface area contributed by atoms with Crippen LogP contribution in [0.4, 0.5) is 5.69 Å². The summed E-state index contributed by atoms with van der Waals surface area (Å²) in [6.07, 6.45) is 0.448. The minimum Gasteiger partial charge on any atom is -0.323 e. The number of fused-ring (bicyclic) bond motifs is 2. The molecule has 2 heterocycles. The molecule has 4 aromatic carbocycles. The number of benzene rings is 4. The Balaban J connectivity index is 1.38. The molecule has 0 bridgehead atoms. The molecular weight excluding hydrogens is 430 g/mol. The summed E-state index contributed by atoms with van der Waals surface area (Å²) in [5.41, 5.74) is 4.16. The standard InChI is InChI=1S/C28H22ClN3O/c29-23-11-13-24(14-12-23)31-18-22(16-27(31)33)28-30-25-7-3-4-8-26(25)32(28)17-19-9-10-20-5-1-2-6-21(20)15-19/h1-15,22H,16-18H2. The molecule has 1 amide bonds. The Hall–Kier alpha value is -3.63. The van der Waals surface area contributed by atoms with Crippen molar-refractivity contribution >= 4 is 45.0 Å². The number of carbonyl (C=O) groups excluding carboxylic acids is 1. The first kappa shape index (κ1) is 20.0. The summed E-state index contributed by atoms with van der Waals surface area (Å²) in [5.74, 6) is 1.11. The number of para-hydroxylation sites is 2. The van der Waals surface area contributed by atoms with Crippen molar-refractivity contribution in [3.8, 4) is 0 Å². The van der Waals surface area contributed by atoms with E-state index in [9.17, 15) is 4.79 Å². The first-order valence-corrected chi connectivity index (χ1v) is 11.5. The topological polar surface area (TPSA) is 38.1 Å². The first-order valence-electron chi connectivity index (χ1n) is 11.1. The van der Waals surface area contributed by atoms with Crippen LogP contribution in [0.5, 0.6) is 0 Å². The van der Waals surface area contributed by atoms with Gasteiger partial charge in [-0.05, 0) is 58.8 Å². The average Bonchev–Trinajstić information content (AvgIpc) is 3.40. The molecule has 0 radical (unpaired) electrons. The van der Waals surface area contributed by atoms with Gasteiger partial charge in [-0.3, -0.25) is 4.79 Å². The molecule has 1 unspecified atom stereocenters. The number of hydrogen-bond acceptors (Lipinski definition) is 2. The molecule has 0 N–H and O–H groups in total. The highest BCUT2D eigenvalue weighted by molar-refractivity contribution is 6.30. The predicted octanol–water partition coefficient (Wildman–Crippen LogP) is 6.41. The van der Waals surface area contributed by atoms with Crippen LogP contribution in [0, 0.1) is 0 Å². The van der Waals surface area contributed by atoms with E-state index in [4.69, 9.17) is 16.6 Å². The minimum absolute atomic E-state index is 0.0287. The van der Waals surface area contributed by atoms with Crippen LogP contribution in [0.3, 0.4) is 0 Å². The maximum Gasteiger partial charge on any atom is 0.227 e. The Morgan fingerprint density at radius 2 is 1.64 bits per heavy atom. The van der Waals surface area contributed by atoms with Crippen molar-refractivity contribution in [1.82, 2.24) is 9.55 Å². The molecule has 0 saturated carbocycles. The number of aromatic nitrogens is 2. The highest BCUT2D eigenvalue weighted by atomic mass is 35.5. The van der Waals surface area contributed by atoms with Crippen molar-refractivity contribution < 1.29 is 4.79 Å². The van der Waals surface area contributed by atoms with E-state index in [1.54, 1.807) is 0 Å². The summed E-state index contributed by atoms with van der Waals surface area (Å²) in [5, 5.41) is 3.13. The van der Waals surface area contributed by atoms with Gasteiger partial charge < -0.3 is 9.47 Å². The van der Waals surface area contributed by atoms with Gasteiger partial charge in [-0.2, -0.15) is 0 Å². The summed E-state index contributed by atoms with van der Waals surface area (Å²) < 4.78 is 2.28. The zero-order chi connectivity index (χ0) is 22.4. The summed E-state index contributed by atoms with van der Waals surface area (Å²) in [4.78, 5) is 19.8. The van der Waals surface area contributed by atoms with Gasteiger partial charge >= 0.3 is 0 Å². The van der Waals surface area contributed by atoms with Gasteiger partial charge in [-0.15, -0.1) is 0 Å². The number of anilines is 1. The van der Waals surface area contributed by atoms with E-state index >= 15 is 0 Å². The number of rotatable bonds is 4. The zero-order valence-electron chi connectivity index (χ0n) is 18.0. The third kappa shape index (κ3) is 3.66. The second-order valence-electron chi connectivity index (χ2n) is 8.61. The Morgan fingerprint density at radius 1 is 0.879 bits per heavy atom. The molecule has 4 nitrogen and oxygen atoms in total. The van der Waals surface area contributed by atoms with Crippen LogP contribution in [0.1, 0.15) is 23.7 Å². The normalized spacial score (nSPS) is 16.2. The van der Waals surface area contributed by atoms with Gasteiger partial charge in [0.15, 0.2) is 0 Å². The lowest BCUT2D eigenvalue weighted by atomic mass is 10.1. The van der Waals surface area contributed by atoms with Gasteiger partial charge in [-0.25, -0.2) is 4.98 Å². The first-order chi connectivity index (χ1) is 16.2. The second kappa shape index (κ2) is 8.05. The zero-order valence-corrected chi connectivity index (χ0v) is 18.7. The number of hydrogen-bond donors (Lipinski definition) is 0. The van der Waals surface area contributed by atoms with E-state index < -0.39 is 0 Å². The number of carbonyl (C=O) groups is 1. The van der Waals surface area contributed by atoms with Crippen LogP contribution in [0.15, 0.2) is 91.0 Å². The van der Waals surface area contributed by atoms with Gasteiger partial charge in [-0.1, -0.05) is 60.1 Å². The maximum atomic E-state index is 12.9. The van der Waals surface area contributed by atoms with Crippen LogP contribution < -0.4 is 4.90 Å². The molecule has 5 aromatic rings. The van der Waals surface area contributed by atoms with Crippen LogP contribution >= 0.6 is 11.6 Å². The molecular formula is C28H22ClN3O. The molecule has 1 atom stereocenters. The maximum absolute atomic E-state index is 12.9. The fourth-order valence-corrected chi connectivity index (χ4v) is 4.97. The van der Waals surface area contributed by atoms with E-state index in [1.165, 1.54) is 16.3 Å². The molecule has 1 aliphatic rings. The molecule has 33 heavy (non-hydrogen) atoms. The summed E-state index contributed by atoms with van der Waals surface area (Å²) in [7, 11) is 0. The van der Waals surface area contributed by atoms with E-state index in [-0.39, 0.29) is 11.8 Å². The fourth-order valence-electron chi connectivity index (χ4n) is 4.84. The lowest BCUT2D eigenvalue weighted by Gasteiger charge is -2.18. The number of nitrogens with zero attached hydrogens (tertiary/aromatic N) is 3. The van der Waals surface area contributed by atoms with Crippen LogP contribution in [-0.2, 0) is 11.3 Å². The second-order valence-corrected chi connectivity index (χ2v) is 9.04. The van der Waals surface area contributed by atoms with Crippen LogP contribution in [0.2, 0.25) is 5.02 Å². The van der Waals surface area contributed by atoms with E-state index in [0.717, 1.165) is 22.5 Å². The Labute approximate surface area is 197 Å². The molecule has 162 valence electrons. The number of amides is 1. The minimum atomic E-state index is 0.0287. The smallest absolute Gasteiger partial charge is 0.227 e. The molecule has 1 aliphatic heterocycles. The Morgan fingerprint density at radius 3 is 2.48 bits per heavy atom. The number of imidazole rings is 1. The molecule has 0 aliphatic carbocycles. The third-order valence-corrected chi connectivity index (χ3v) is 6.72. The van der Waals surface area contributed by atoms with E-state index in [2.05, 4.69) is 53.1 Å². The Kier molecular flexibility index (Phi) is 4.88. The average molecular weight is 452 g/mol. The van der Waals surface area contributed by atoms with Crippen molar-refractivity contribution in [3.63, 3.8) is 0 Å². The molecule has 5 heteroatoms. The molecule has 0 spiro atoms. The van der Waals surface area contributed by atoms with Gasteiger partial charge in [0, 0.05) is 36.1 Å². The summed E-state index contributed by atoms with van der Waals surface area (Å²) in [6, 6.07) is 30.7. The Bertz CT molecular complexity index is 1490. The fraction of sp³-hybridized carbons (Fsp3) is 0.143. The van der Waals surface area contributed by atoms with Crippen molar-refractivity contribution in [2.45, 2.75) is 18.9 Å². The third-order valence-electron chi connectivity index (χ3n) is 6.47. The summed E-state index contributed by atoms with van der Waals surface area (Å²) in [6.45, 7) is 1.33. The molecule has 6 rings (SSSR count). The van der Waals surface area contributed by atoms with Crippen molar-refractivity contribution in [3.05, 3.63) is 107 Å². The van der Waals surface area contributed by atoms with Crippen LogP contribution in [0.25, 0.3) is 21.8 Å². The predicted molar refractivity (Wildman–Crippen MR) is 134 cm³/mol. The SMILES string of the molecule is O=C1CC(c2nc3ccccc3n2Cc2ccc3ccccc3c2)CN1c1ccc(Cl)cc1. The lowest BCUT2D eigenvalue weighted by Crippen LogP contribution is -2.24. The van der Waals surface area contributed by atoms with Gasteiger partial charge in [0.05, 0.1) is 11.0 Å². The van der Waals surface area contributed by atoms with Crippen molar-refractivity contribution in [2.24, 2.45) is 0 Å². The van der Waals surface area contributed by atoms with Crippen LogP contribution in [-0.4, -0.2) is 22.0 Å². The van der Waals surface area contributed by atoms with Gasteiger partial charge in [0.2, 0.25) is 5.91 Å².